The van der Waals surface area contributed by atoms with Crippen molar-refractivity contribution in [1.82, 2.24) is 0 Å². The van der Waals surface area contributed by atoms with Gasteiger partial charge in [-0.15, -0.1) is 16.4 Å². The van der Waals surface area contributed by atoms with Gasteiger partial charge in [0.15, 0.2) is 17.8 Å². The van der Waals surface area contributed by atoms with Crippen LogP contribution >= 0.6 is 22.9 Å². The van der Waals surface area contributed by atoms with Crippen molar-refractivity contribution in [3.8, 4) is 0 Å². The number of carbonyl (C=O) groups is 1. The molecule has 6 heteroatoms. The van der Waals surface area contributed by atoms with E-state index in [2.05, 4.69) is 11.2 Å². The van der Waals surface area contributed by atoms with Crippen molar-refractivity contribution in [2.45, 2.75) is 13.1 Å². The smallest absolute Gasteiger partial charge is 0.198 e. The molecule has 1 aliphatic rings. The fraction of sp³-hybridized carbons (Fsp3) is 0.100. The number of halogens is 1. The molecule has 0 aliphatic carbocycles. The fourth-order valence-electron chi connectivity index (χ4n) is 3.03. The van der Waals surface area contributed by atoms with Crippen LogP contribution in [0.1, 0.15) is 18.0 Å². The maximum Gasteiger partial charge on any atom is 0.198 e. The van der Waals surface area contributed by atoms with Gasteiger partial charge in [-0.2, -0.15) is 0 Å². The van der Waals surface area contributed by atoms with Gasteiger partial charge in [-0.3, -0.25) is 9.69 Å². The molecule has 1 atom stereocenters. The van der Waals surface area contributed by atoms with Crippen molar-refractivity contribution in [2.75, 3.05) is 9.91 Å². The van der Waals surface area contributed by atoms with Gasteiger partial charge in [0, 0.05) is 22.5 Å². The monoisotopic (exact) mass is 381 g/mol. The number of rotatable bonds is 4. The molecule has 0 N–H and O–H groups in total. The van der Waals surface area contributed by atoms with Crippen LogP contribution in [0.2, 0.25) is 5.02 Å². The molecule has 1 aromatic heterocycles. The number of hydrogen-bond donors (Lipinski definition) is 0. The fourth-order valence-corrected chi connectivity index (χ4v) is 4.01. The van der Waals surface area contributed by atoms with Crippen LogP contribution in [0.25, 0.3) is 0 Å². The lowest BCUT2D eigenvalue weighted by Gasteiger charge is -2.31. The topological polar surface area (TPSA) is 35.9 Å². The van der Waals surface area contributed by atoms with Crippen molar-refractivity contribution in [3.05, 3.63) is 82.0 Å². The molecule has 0 amide bonds. The standard InChI is InChI=1S/C20H16ClN3OS/c1-14(25)19-22-24(16-8-3-2-4-9-16)20(18-11-6-12-26-18)23(19)17-10-5-7-15(21)13-17/h2-13,20H,1H3/t20-/m0/s1. The highest BCUT2D eigenvalue weighted by Gasteiger charge is 2.39. The second-order valence-corrected chi connectivity index (χ2v) is 7.31. The molecule has 0 fully saturated rings. The highest BCUT2D eigenvalue weighted by atomic mass is 35.5. The van der Waals surface area contributed by atoms with Gasteiger partial charge in [-0.05, 0) is 41.8 Å². The molecule has 0 saturated carbocycles. The number of ketones is 1. The molecule has 4 nitrogen and oxygen atoms in total. The Balaban J connectivity index is 1.89. The number of nitrogens with zero attached hydrogens (tertiary/aromatic N) is 3. The highest BCUT2D eigenvalue weighted by Crippen LogP contribution is 2.40. The maximum absolute atomic E-state index is 12.4. The quantitative estimate of drug-likeness (QED) is 0.612. The first-order valence-corrected chi connectivity index (χ1v) is 9.43. The summed E-state index contributed by atoms with van der Waals surface area (Å²) in [5.74, 6) is 0.305. The minimum Gasteiger partial charge on any atom is -0.294 e. The average molecular weight is 382 g/mol. The molecule has 4 rings (SSSR count). The first-order valence-electron chi connectivity index (χ1n) is 8.17. The van der Waals surface area contributed by atoms with Gasteiger partial charge in [-0.25, -0.2) is 5.01 Å². The van der Waals surface area contributed by atoms with E-state index in [1.807, 2.05) is 76.0 Å². The highest BCUT2D eigenvalue weighted by molar-refractivity contribution is 7.10. The SMILES string of the molecule is CC(=O)C1=NN(c2ccccc2)[C@@H](c2cccs2)N1c1cccc(Cl)c1. The number of hydrogen-bond acceptors (Lipinski definition) is 5. The third kappa shape index (κ3) is 3.00. The Hall–Kier alpha value is -2.63. The molecule has 2 aromatic carbocycles. The third-order valence-corrected chi connectivity index (χ3v) is 5.27. The van der Waals surface area contributed by atoms with Gasteiger partial charge < -0.3 is 0 Å². The predicted octanol–water partition coefficient (Wildman–Crippen LogP) is 5.33. The lowest BCUT2D eigenvalue weighted by Crippen LogP contribution is -2.37. The van der Waals surface area contributed by atoms with Crippen LogP contribution in [-0.4, -0.2) is 11.6 Å². The summed E-state index contributed by atoms with van der Waals surface area (Å²) in [6, 6.07) is 21.4. The minimum absolute atomic E-state index is 0.0926. The number of para-hydroxylation sites is 1. The Morgan fingerprint density at radius 2 is 1.81 bits per heavy atom. The van der Waals surface area contributed by atoms with Gasteiger partial charge in [0.1, 0.15) is 0 Å². The average Bonchev–Trinajstić information content (AvgIpc) is 3.30. The first kappa shape index (κ1) is 16.8. The van der Waals surface area contributed by atoms with E-state index in [4.69, 9.17) is 11.6 Å². The van der Waals surface area contributed by atoms with Gasteiger partial charge in [-0.1, -0.05) is 41.9 Å². The summed E-state index contributed by atoms with van der Waals surface area (Å²) in [7, 11) is 0. The summed E-state index contributed by atoms with van der Waals surface area (Å²) in [5.41, 5.74) is 1.76. The number of anilines is 2. The van der Waals surface area contributed by atoms with E-state index in [-0.39, 0.29) is 11.9 Å². The second-order valence-electron chi connectivity index (χ2n) is 5.90. The molecule has 0 spiro atoms. The molecular weight excluding hydrogens is 366 g/mol. The molecule has 26 heavy (non-hydrogen) atoms. The van der Waals surface area contributed by atoms with Crippen LogP contribution < -0.4 is 9.91 Å². The van der Waals surface area contributed by atoms with Crippen molar-refractivity contribution in [1.29, 1.82) is 0 Å². The van der Waals surface area contributed by atoms with Crippen LogP contribution in [0.4, 0.5) is 11.4 Å². The summed E-state index contributed by atoms with van der Waals surface area (Å²) in [6.07, 6.45) is -0.241. The van der Waals surface area contributed by atoms with Gasteiger partial charge in [0.05, 0.1) is 5.69 Å². The van der Waals surface area contributed by atoms with E-state index in [1.54, 1.807) is 11.3 Å². The van der Waals surface area contributed by atoms with Crippen molar-refractivity contribution < 1.29 is 4.79 Å². The van der Waals surface area contributed by atoms with Gasteiger partial charge in [0.25, 0.3) is 0 Å². The predicted molar refractivity (Wildman–Crippen MR) is 108 cm³/mol. The van der Waals surface area contributed by atoms with Crippen molar-refractivity contribution in [2.24, 2.45) is 5.10 Å². The van der Waals surface area contributed by atoms with E-state index in [1.165, 1.54) is 6.92 Å². The van der Waals surface area contributed by atoms with Crippen LogP contribution in [0.5, 0.6) is 0 Å². The molecule has 0 saturated heterocycles. The Kier molecular flexibility index (Phi) is 4.49. The molecule has 2 heterocycles. The molecule has 3 aromatic rings. The number of thiophene rings is 1. The van der Waals surface area contributed by atoms with Crippen LogP contribution in [-0.2, 0) is 4.79 Å². The normalized spacial score (nSPS) is 16.7. The largest absolute Gasteiger partial charge is 0.294 e. The third-order valence-electron chi connectivity index (χ3n) is 4.13. The van der Waals surface area contributed by atoms with E-state index in [0.717, 1.165) is 16.3 Å². The van der Waals surface area contributed by atoms with E-state index in [9.17, 15) is 4.79 Å². The van der Waals surface area contributed by atoms with Crippen LogP contribution in [0, 0.1) is 0 Å². The molecule has 0 bridgehead atoms. The maximum atomic E-state index is 12.4. The van der Waals surface area contributed by atoms with Crippen molar-refractivity contribution in [3.63, 3.8) is 0 Å². The summed E-state index contributed by atoms with van der Waals surface area (Å²) in [6.45, 7) is 1.54. The van der Waals surface area contributed by atoms with Gasteiger partial charge in [0.2, 0.25) is 0 Å². The summed E-state index contributed by atoms with van der Waals surface area (Å²) in [5, 5.41) is 9.21. The number of amidine groups is 1. The number of Topliss-reactive ketones (excluding diaryl/α,β-unsaturated/α-hetero) is 1. The minimum atomic E-state index is -0.241. The molecule has 0 radical (unpaired) electrons. The molecule has 0 unspecified atom stereocenters. The van der Waals surface area contributed by atoms with E-state index in [0.29, 0.717) is 10.9 Å². The van der Waals surface area contributed by atoms with Crippen LogP contribution in [0.3, 0.4) is 0 Å². The zero-order valence-electron chi connectivity index (χ0n) is 14.0. The van der Waals surface area contributed by atoms with Crippen LogP contribution in [0.15, 0.2) is 77.2 Å². The second kappa shape index (κ2) is 6.94. The van der Waals surface area contributed by atoms with E-state index < -0.39 is 0 Å². The summed E-state index contributed by atoms with van der Waals surface area (Å²) < 4.78 is 0. The Morgan fingerprint density at radius 1 is 1.04 bits per heavy atom. The number of benzene rings is 2. The number of carbonyl (C=O) groups excluding carboxylic acids is 1. The van der Waals surface area contributed by atoms with E-state index >= 15 is 0 Å². The Morgan fingerprint density at radius 3 is 2.46 bits per heavy atom. The zero-order chi connectivity index (χ0) is 18.1. The molecule has 130 valence electrons. The lowest BCUT2D eigenvalue weighted by molar-refractivity contribution is -0.111. The number of hydrazone groups is 1. The first-order chi connectivity index (χ1) is 12.6. The zero-order valence-corrected chi connectivity index (χ0v) is 15.6. The molecular formula is C20H16ClN3OS. The van der Waals surface area contributed by atoms with Crippen molar-refractivity contribution >= 4 is 45.9 Å². The molecule has 1 aliphatic heterocycles. The Labute approximate surface area is 160 Å². The Bertz CT molecular complexity index is 956. The summed E-state index contributed by atoms with van der Waals surface area (Å²) >= 11 is 7.85. The van der Waals surface area contributed by atoms with Gasteiger partial charge >= 0.3 is 0 Å². The summed E-state index contributed by atoms with van der Waals surface area (Å²) in [4.78, 5) is 15.4. The lowest BCUT2D eigenvalue weighted by atomic mass is 10.2.